The van der Waals surface area contributed by atoms with Crippen LogP contribution in [0.15, 0.2) is 70.3 Å². The van der Waals surface area contributed by atoms with Gasteiger partial charge in [0.2, 0.25) is 10.0 Å². The van der Waals surface area contributed by atoms with E-state index in [0.29, 0.717) is 11.5 Å². The van der Waals surface area contributed by atoms with E-state index in [1.165, 1.54) is 4.31 Å². The third kappa shape index (κ3) is 9.36. The molecule has 8 nitrogen and oxygen atoms in total. The van der Waals surface area contributed by atoms with Crippen LogP contribution in [-0.4, -0.2) is 59.2 Å². The number of ether oxygens (including phenoxy) is 2. The summed E-state index contributed by atoms with van der Waals surface area (Å²) in [6.45, 7) is 20.1. The largest absolute Gasteiger partial charge is 0.497 e. The van der Waals surface area contributed by atoms with Crippen LogP contribution in [0.1, 0.15) is 52.7 Å². The number of aliphatic imine (C=N–C) groups is 2. The first kappa shape index (κ1) is 34.4. The lowest BCUT2D eigenvalue weighted by Crippen LogP contribution is -2.52. The standard InChI is InChI=1S/C31H47N3O5SSi/c1-23(2)20-33-30(32-7)29(39-41(10,11)31(4,5)6)24(3)40(35,36)34(21-25-12-16-27(37-8)17-13-25)22-26-14-18-28(38-9)19-15-26/h12-20,24,29H,7,21-22H2,1-6,8-11H3/b33-30-/t24-,29+/m1/s1. The van der Waals surface area contributed by atoms with Crippen molar-refractivity contribution in [3.63, 3.8) is 0 Å². The predicted octanol–water partition coefficient (Wildman–Crippen LogP) is 6.84. The maximum atomic E-state index is 14.5. The Balaban J connectivity index is 2.62. The third-order valence-corrected chi connectivity index (χ3v) is 14.0. The molecule has 0 N–H and O–H groups in total. The van der Waals surface area contributed by atoms with Gasteiger partial charge in [-0.05, 0) is 81.0 Å². The highest BCUT2D eigenvalue weighted by Crippen LogP contribution is 2.38. The van der Waals surface area contributed by atoms with Crippen LogP contribution < -0.4 is 9.47 Å². The van der Waals surface area contributed by atoms with Gasteiger partial charge >= 0.3 is 0 Å². The molecule has 0 bridgehead atoms. The molecule has 226 valence electrons. The monoisotopic (exact) mass is 601 g/mol. The number of sulfonamides is 1. The van der Waals surface area contributed by atoms with Gasteiger partial charge in [-0.1, -0.05) is 50.6 Å². The molecule has 0 aromatic heterocycles. The highest BCUT2D eigenvalue weighted by molar-refractivity contribution is 7.89. The molecule has 0 unspecified atom stereocenters. The molecule has 0 heterocycles. The molecule has 41 heavy (non-hydrogen) atoms. The highest BCUT2D eigenvalue weighted by atomic mass is 32.2. The van der Waals surface area contributed by atoms with Gasteiger partial charge in [0.15, 0.2) is 14.2 Å². The van der Waals surface area contributed by atoms with Crippen LogP contribution in [0.5, 0.6) is 11.5 Å². The summed E-state index contributed by atoms with van der Waals surface area (Å²) >= 11 is 0. The number of nitrogens with zero attached hydrogens (tertiary/aromatic N) is 3. The first-order chi connectivity index (χ1) is 19.0. The van der Waals surface area contributed by atoms with E-state index in [4.69, 9.17) is 13.9 Å². The summed E-state index contributed by atoms with van der Waals surface area (Å²) in [4.78, 5) is 8.69. The number of hydrogen-bond donors (Lipinski definition) is 0. The van der Waals surface area contributed by atoms with Gasteiger partial charge in [0.05, 0.1) is 14.2 Å². The molecule has 2 atom stereocenters. The Morgan fingerprint density at radius 3 is 1.73 bits per heavy atom. The van der Waals surface area contributed by atoms with Crippen molar-refractivity contribution in [2.75, 3.05) is 14.2 Å². The van der Waals surface area contributed by atoms with Gasteiger partial charge in [-0.25, -0.2) is 18.4 Å². The first-order valence-corrected chi connectivity index (χ1v) is 18.1. The van der Waals surface area contributed by atoms with Gasteiger partial charge in [-0.3, -0.25) is 0 Å². The summed E-state index contributed by atoms with van der Waals surface area (Å²) in [5.74, 6) is 1.65. The Kier molecular flexibility index (Phi) is 12.1. The summed E-state index contributed by atoms with van der Waals surface area (Å²) < 4.78 is 47.8. The minimum atomic E-state index is -3.96. The molecule has 10 heteroatoms. The quantitative estimate of drug-likeness (QED) is 0.143. The number of hydrogen-bond acceptors (Lipinski definition) is 6. The summed E-state index contributed by atoms with van der Waals surface area (Å²) in [5.41, 5.74) is 2.61. The van der Waals surface area contributed by atoms with Crippen LogP contribution in [-0.2, 0) is 27.5 Å². The average Bonchev–Trinajstić information content (AvgIpc) is 2.91. The molecule has 0 saturated heterocycles. The van der Waals surface area contributed by atoms with E-state index < -0.39 is 29.7 Å². The van der Waals surface area contributed by atoms with Crippen molar-refractivity contribution in [2.45, 2.75) is 84.1 Å². The van der Waals surface area contributed by atoms with E-state index in [-0.39, 0.29) is 24.0 Å². The number of methoxy groups -OCH3 is 2. The van der Waals surface area contributed by atoms with Crippen LogP contribution in [0, 0.1) is 0 Å². The maximum Gasteiger partial charge on any atom is 0.220 e. The number of amidine groups is 1. The normalized spacial score (nSPS) is 14.4. The minimum Gasteiger partial charge on any atom is -0.497 e. The van der Waals surface area contributed by atoms with Crippen LogP contribution in [0.25, 0.3) is 0 Å². The summed E-state index contributed by atoms with van der Waals surface area (Å²) in [6.07, 6.45) is 0.751. The Labute approximate surface area is 248 Å². The van der Waals surface area contributed by atoms with E-state index in [1.807, 2.05) is 62.4 Å². The molecule has 0 aliphatic rings. The van der Waals surface area contributed by atoms with Crippen molar-refractivity contribution < 1.29 is 22.3 Å². The van der Waals surface area contributed by atoms with Crippen LogP contribution >= 0.6 is 0 Å². The molecule has 2 aromatic carbocycles. The fraction of sp³-hybridized carbons (Fsp3) is 0.484. The summed E-state index contributed by atoms with van der Waals surface area (Å²) in [7, 11) is -3.21. The number of allylic oxidation sites excluding steroid dienone is 1. The van der Waals surface area contributed by atoms with Gasteiger partial charge in [0.1, 0.15) is 22.9 Å². The Bertz CT molecular complexity index is 1260. The second kappa shape index (κ2) is 14.4. The number of benzene rings is 2. The van der Waals surface area contributed by atoms with E-state index in [0.717, 1.165) is 16.7 Å². The van der Waals surface area contributed by atoms with E-state index in [9.17, 15) is 8.42 Å². The zero-order chi connectivity index (χ0) is 31.0. The molecule has 2 rings (SSSR count). The molecule has 2 aromatic rings. The van der Waals surface area contributed by atoms with Gasteiger partial charge in [-0.15, -0.1) is 0 Å². The second-order valence-corrected chi connectivity index (χ2v) is 18.9. The molecule has 0 spiro atoms. The van der Waals surface area contributed by atoms with Gasteiger partial charge in [-0.2, -0.15) is 4.31 Å². The topological polar surface area (TPSA) is 89.8 Å². The van der Waals surface area contributed by atoms with Crippen LogP contribution in [0.3, 0.4) is 0 Å². The van der Waals surface area contributed by atoms with E-state index in [2.05, 4.69) is 50.6 Å². The second-order valence-electron chi connectivity index (χ2n) is 11.9. The third-order valence-electron chi connectivity index (χ3n) is 7.39. The van der Waals surface area contributed by atoms with Crippen LogP contribution in [0.4, 0.5) is 0 Å². The van der Waals surface area contributed by atoms with Gasteiger partial charge in [0, 0.05) is 19.3 Å². The average molecular weight is 602 g/mol. The summed E-state index contributed by atoms with van der Waals surface area (Å²) in [6, 6.07) is 14.8. The summed E-state index contributed by atoms with van der Waals surface area (Å²) in [5, 5.41) is -1.16. The smallest absolute Gasteiger partial charge is 0.220 e. The molecule has 0 saturated carbocycles. The van der Waals surface area contributed by atoms with Crippen molar-refractivity contribution in [1.82, 2.24) is 4.31 Å². The molecule has 0 aliphatic heterocycles. The molecular formula is C31H47N3O5SSi. The zero-order valence-corrected chi connectivity index (χ0v) is 28.1. The lowest BCUT2D eigenvalue weighted by molar-refractivity contribution is 0.232. The molecule has 0 radical (unpaired) electrons. The maximum absolute atomic E-state index is 14.5. The fourth-order valence-electron chi connectivity index (χ4n) is 3.75. The molecule has 0 fully saturated rings. The molecule has 0 amide bonds. The zero-order valence-electron chi connectivity index (χ0n) is 26.3. The fourth-order valence-corrected chi connectivity index (χ4v) is 6.76. The Morgan fingerprint density at radius 1 is 0.951 bits per heavy atom. The SMILES string of the molecule is C=N/C(=N\C=C(C)C)[C@@H](O[Si](C)(C)C(C)(C)C)[C@@H](C)S(=O)(=O)N(Cc1ccc(OC)cc1)Cc1ccc(OC)cc1. The minimum absolute atomic E-state index is 0.163. The lowest BCUT2D eigenvalue weighted by atomic mass is 10.2. The highest BCUT2D eigenvalue weighted by Gasteiger charge is 2.45. The molecule has 0 aliphatic carbocycles. The van der Waals surface area contributed by atoms with Crippen LogP contribution in [0.2, 0.25) is 18.1 Å². The van der Waals surface area contributed by atoms with Crippen molar-refractivity contribution in [2.24, 2.45) is 9.98 Å². The Hall–Kier alpha value is -2.79. The number of rotatable bonds is 13. The van der Waals surface area contributed by atoms with E-state index in [1.54, 1.807) is 27.3 Å². The van der Waals surface area contributed by atoms with Gasteiger partial charge < -0.3 is 13.9 Å². The van der Waals surface area contributed by atoms with Crippen molar-refractivity contribution in [3.8, 4) is 11.5 Å². The first-order valence-electron chi connectivity index (χ1n) is 13.7. The molecular weight excluding hydrogens is 555 g/mol. The van der Waals surface area contributed by atoms with Crippen molar-refractivity contribution in [3.05, 3.63) is 71.4 Å². The predicted molar refractivity (Wildman–Crippen MR) is 172 cm³/mol. The van der Waals surface area contributed by atoms with E-state index >= 15 is 0 Å². The lowest BCUT2D eigenvalue weighted by Gasteiger charge is -2.41. The Morgan fingerprint density at radius 2 is 1.39 bits per heavy atom. The van der Waals surface area contributed by atoms with Gasteiger partial charge in [0.25, 0.3) is 0 Å². The van der Waals surface area contributed by atoms with Crippen molar-refractivity contribution >= 4 is 30.9 Å². The van der Waals surface area contributed by atoms with Crippen molar-refractivity contribution in [1.29, 1.82) is 0 Å².